The molecule has 0 aliphatic rings. The van der Waals surface area contributed by atoms with Crippen LogP contribution in [0.3, 0.4) is 0 Å². The molecule has 0 spiro atoms. The third kappa shape index (κ3) is 4.01. The molecule has 0 saturated heterocycles. The Hall–Kier alpha value is -2.00. The molecule has 2 aromatic carbocycles. The Morgan fingerprint density at radius 2 is 1.73 bits per heavy atom. The summed E-state index contributed by atoms with van der Waals surface area (Å²) in [5, 5.41) is 3.43. The van der Waals surface area contributed by atoms with Gasteiger partial charge in [-0.25, -0.2) is 0 Å². The van der Waals surface area contributed by atoms with Gasteiger partial charge in [-0.2, -0.15) is 0 Å². The summed E-state index contributed by atoms with van der Waals surface area (Å²) in [5.41, 5.74) is 3.96. The van der Waals surface area contributed by atoms with Crippen LogP contribution >= 0.6 is 11.6 Å². The molecule has 1 N–H and O–H groups in total. The number of halogens is 1. The van der Waals surface area contributed by atoms with Crippen molar-refractivity contribution in [3.05, 3.63) is 58.1 Å². The van der Waals surface area contributed by atoms with Crippen LogP contribution in [0.5, 0.6) is 5.75 Å². The van der Waals surface area contributed by atoms with Crippen molar-refractivity contribution in [1.82, 2.24) is 0 Å². The summed E-state index contributed by atoms with van der Waals surface area (Å²) >= 11 is 6.06. The van der Waals surface area contributed by atoms with Crippen molar-refractivity contribution in [3.63, 3.8) is 0 Å². The number of rotatable bonds is 4. The van der Waals surface area contributed by atoms with E-state index in [2.05, 4.69) is 5.32 Å². The highest BCUT2D eigenvalue weighted by Crippen LogP contribution is 2.21. The summed E-state index contributed by atoms with van der Waals surface area (Å²) in [7, 11) is 0. The van der Waals surface area contributed by atoms with Crippen LogP contribution in [0.15, 0.2) is 36.4 Å². The van der Waals surface area contributed by atoms with Crippen molar-refractivity contribution in [2.45, 2.75) is 33.8 Å². The maximum absolute atomic E-state index is 12.2. The van der Waals surface area contributed by atoms with Crippen LogP contribution in [0.1, 0.15) is 23.6 Å². The number of hydrogen-bond donors (Lipinski definition) is 1. The average molecular weight is 318 g/mol. The highest BCUT2D eigenvalue weighted by molar-refractivity contribution is 6.31. The Bertz CT molecular complexity index is 697. The lowest BCUT2D eigenvalue weighted by Crippen LogP contribution is -2.30. The van der Waals surface area contributed by atoms with E-state index >= 15 is 0 Å². The lowest BCUT2D eigenvalue weighted by Gasteiger charge is -2.16. The molecule has 22 heavy (non-hydrogen) atoms. The van der Waals surface area contributed by atoms with E-state index in [4.69, 9.17) is 16.3 Å². The van der Waals surface area contributed by atoms with E-state index in [0.717, 1.165) is 11.1 Å². The van der Waals surface area contributed by atoms with Crippen molar-refractivity contribution in [2.24, 2.45) is 0 Å². The minimum atomic E-state index is -0.595. The van der Waals surface area contributed by atoms with Crippen LogP contribution in [0.2, 0.25) is 5.02 Å². The third-order valence-corrected chi connectivity index (χ3v) is 4.01. The first-order valence-electron chi connectivity index (χ1n) is 7.18. The van der Waals surface area contributed by atoms with Crippen molar-refractivity contribution in [2.75, 3.05) is 5.32 Å². The van der Waals surface area contributed by atoms with E-state index in [1.54, 1.807) is 13.0 Å². The minimum Gasteiger partial charge on any atom is -0.481 e. The molecule has 0 heterocycles. The predicted octanol–water partition coefficient (Wildman–Crippen LogP) is 4.67. The number of anilines is 1. The zero-order chi connectivity index (χ0) is 16.3. The maximum Gasteiger partial charge on any atom is 0.265 e. The molecule has 0 aliphatic heterocycles. The topological polar surface area (TPSA) is 38.3 Å². The van der Waals surface area contributed by atoms with Crippen molar-refractivity contribution < 1.29 is 9.53 Å². The van der Waals surface area contributed by atoms with Gasteiger partial charge in [0.2, 0.25) is 0 Å². The molecule has 3 nitrogen and oxygen atoms in total. The fourth-order valence-electron chi connectivity index (χ4n) is 1.96. The van der Waals surface area contributed by atoms with E-state index in [1.165, 1.54) is 5.56 Å². The van der Waals surface area contributed by atoms with E-state index in [0.29, 0.717) is 16.5 Å². The zero-order valence-corrected chi connectivity index (χ0v) is 14.0. The molecule has 0 aromatic heterocycles. The predicted molar refractivity (Wildman–Crippen MR) is 90.8 cm³/mol. The summed E-state index contributed by atoms with van der Waals surface area (Å²) in [6.45, 7) is 7.69. The van der Waals surface area contributed by atoms with E-state index in [1.807, 2.05) is 51.1 Å². The highest BCUT2D eigenvalue weighted by atomic mass is 35.5. The molecule has 2 rings (SSSR count). The van der Waals surface area contributed by atoms with Gasteiger partial charge >= 0.3 is 0 Å². The molecular formula is C18H20ClNO2. The summed E-state index contributed by atoms with van der Waals surface area (Å²) in [6, 6.07) is 11.2. The number of benzene rings is 2. The normalized spacial score (nSPS) is 11.9. The molecule has 0 saturated carbocycles. The molecule has 0 aliphatic carbocycles. The van der Waals surface area contributed by atoms with Crippen LogP contribution in [-0.2, 0) is 4.79 Å². The van der Waals surface area contributed by atoms with Gasteiger partial charge in [0.15, 0.2) is 6.10 Å². The Balaban J connectivity index is 2.02. The number of amides is 1. The van der Waals surface area contributed by atoms with E-state index < -0.39 is 6.10 Å². The second kappa shape index (κ2) is 6.84. The Kier molecular flexibility index (Phi) is 5.09. The summed E-state index contributed by atoms with van der Waals surface area (Å²) in [4.78, 5) is 12.2. The van der Waals surface area contributed by atoms with Gasteiger partial charge in [-0.15, -0.1) is 0 Å². The van der Waals surface area contributed by atoms with Gasteiger partial charge in [-0.1, -0.05) is 23.7 Å². The Morgan fingerprint density at radius 3 is 2.36 bits per heavy atom. The first-order chi connectivity index (χ1) is 10.4. The monoisotopic (exact) mass is 317 g/mol. The SMILES string of the molecule is Cc1ccc(O[C@@H](C)C(=O)Nc2ccc(C)c(Cl)c2)cc1C. The second-order valence-electron chi connectivity index (χ2n) is 5.46. The Labute approximate surface area is 136 Å². The van der Waals surface area contributed by atoms with Crippen LogP contribution in [-0.4, -0.2) is 12.0 Å². The van der Waals surface area contributed by atoms with E-state index in [9.17, 15) is 4.79 Å². The first kappa shape index (κ1) is 16.4. The molecule has 1 atom stereocenters. The van der Waals surface area contributed by atoms with Crippen LogP contribution in [0.4, 0.5) is 5.69 Å². The summed E-state index contributed by atoms with van der Waals surface area (Å²) in [5.74, 6) is 0.478. The molecular weight excluding hydrogens is 298 g/mol. The number of ether oxygens (including phenoxy) is 1. The minimum absolute atomic E-state index is 0.210. The number of carbonyl (C=O) groups excluding carboxylic acids is 1. The molecule has 0 unspecified atom stereocenters. The first-order valence-corrected chi connectivity index (χ1v) is 7.55. The third-order valence-electron chi connectivity index (χ3n) is 3.60. The number of hydrogen-bond acceptors (Lipinski definition) is 2. The van der Waals surface area contributed by atoms with Crippen LogP contribution in [0, 0.1) is 20.8 Å². The smallest absolute Gasteiger partial charge is 0.265 e. The molecule has 2 aromatic rings. The molecule has 0 bridgehead atoms. The van der Waals surface area contributed by atoms with Gasteiger partial charge in [0, 0.05) is 10.7 Å². The lowest BCUT2D eigenvalue weighted by atomic mass is 10.1. The average Bonchev–Trinajstić information content (AvgIpc) is 2.46. The molecule has 116 valence electrons. The van der Waals surface area contributed by atoms with E-state index in [-0.39, 0.29) is 5.91 Å². The lowest BCUT2D eigenvalue weighted by molar-refractivity contribution is -0.122. The van der Waals surface area contributed by atoms with Crippen LogP contribution < -0.4 is 10.1 Å². The molecule has 0 fully saturated rings. The maximum atomic E-state index is 12.2. The largest absolute Gasteiger partial charge is 0.481 e. The summed E-state index contributed by atoms with van der Waals surface area (Å²) < 4.78 is 5.69. The standard InChI is InChI=1S/C18H20ClNO2/c1-11-6-8-16(9-13(11)3)22-14(4)18(21)20-15-7-5-12(2)17(19)10-15/h5-10,14H,1-4H3,(H,20,21)/t14-/m0/s1. The fourth-order valence-corrected chi connectivity index (χ4v) is 2.14. The van der Waals surface area contributed by atoms with Crippen molar-refractivity contribution >= 4 is 23.2 Å². The van der Waals surface area contributed by atoms with Gasteiger partial charge < -0.3 is 10.1 Å². The molecule has 1 amide bonds. The molecule has 4 heteroatoms. The second-order valence-corrected chi connectivity index (χ2v) is 5.87. The molecule has 0 radical (unpaired) electrons. The summed E-state index contributed by atoms with van der Waals surface area (Å²) in [6.07, 6.45) is -0.595. The fraction of sp³-hybridized carbons (Fsp3) is 0.278. The van der Waals surface area contributed by atoms with Crippen molar-refractivity contribution in [1.29, 1.82) is 0 Å². The quantitative estimate of drug-likeness (QED) is 0.889. The van der Waals surface area contributed by atoms with Gasteiger partial charge in [0.25, 0.3) is 5.91 Å². The number of carbonyl (C=O) groups is 1. The number of nitrogens with one attached hydrogen (secondary N) is 1. The van der Waals surface area contributed by atoms with Gasteiger partial charge in [-0.3, -0.25) is 4.79 Å². The van der Waals surface area contributed by atoms with Crippen LogP contribution in [0.25, 0.3) is 0 Å². The van der Waals surface area contributed by atoms with Gasteiger partial charge in [-0.05, 0) is 68.7 Å². The zero-order valence-electron chi connectivity index (χ0n) is 13.2. The van der Waals surface area contributed by atoms with Gasteiger partial charge in [0.05, 0.1) is 0 Å². The van der Waals surface area contributed by atoms with Gasteiger partial charge in [0.1, 0.15) is 5.75 Å². The Morgan fingerprint density at radius 1 is 1.05 bits per heavy atom. The highest BCUT2D eigenvalue weighted by Gasteiger charge is 2.15. The number of aryl methyl sites for hydroxylation is 3. The van der Waals surface area contributed by atoms with Crippen molar-refractivity contribution in [3.8, 4) is 5.75 Å².